The molecule has 0 aromatic carbocycles. The lowest BCUT2D eigenvalue weighted by molar-refractivity contribution is -0.887. The molecule has 0 aliphatic heterocycles. The topological polar surface area (TPSA) is 99.1 Å². The second-order valence-electron chi connectivity index (χ2n) is 17.0. The number of nitrogens with zero attached hydrogens (tertiary/aromatic N) is 1. The molecule has 2 unspecified atom stereocenters. The number of ether oxygens (including phenoxy) is 3. The predicted molar refractivity (Wildman–Crippen MR) is 252 cm³/mol. The van der Waals surface area contributed by atoms with Gasteiger partial charge in [-0.25, -0.2) is 4.79 Å². The summed E-state index contributed by atoms with van der Waals surface area (Å²) in [6.07, 6.45) is 53.8. The highest BCUT2D eigenvalue weighted by Crippen LogP contribution is 2.14. The van der Waals surface area contributed by atoms with Gasteiger partial charge in [-0.05, 0) is 77.0 Å². The fourth-order valence-electron chi connectivity index (χ4n) is 6.65. The Kier molecular flexibility index (Phi) is 40.2. The summed E-state index contributed by atoms with van der Waals surface area (Å²) in [5, 5.41) is 9.64. The summed E-state index contributed by atoms with van der Waals surface area (Å²) < 4.78 is 17.3. The fourth-order valence-corrected chi connectivity index (χ4v) is 6.65. The number of carboxylic acid groups (broad SMARTS) is 1. The zero-order valence-electron chi connectivity index (χ0n) is 39.1. The van der Waals surface area contributed by atoms with E-state index in [2.05, 4.69) is 86.8 Å². The van der Waals surface area contributed by atoms with Crippen molar-refractivity contribution in [3.05, 3.63) is 72.9 Å². The largest absolute Gasteiger partial charge is 0.477 e. The van der Waals surface area contributed by atoms with Crippen molar-refractivity contribution >= 4 is 17.9 Å². The predicted octanol–water partition coefficient (Wildman–Crippen LogP) is 13.5. The van der Waals surface area contributed by atoms with Gasteiger partial charge in [0.25, 0.3) is 0 Å². The normalized spacial score (nSPS) is 13.6. The van der Waals surface area contributed by atoms with Crippen LogP contribution in [0.25, 0.3) is 0 Å². The Labute approximate surface area is 368 Å². The monoisotopic (exact) mass is 841 g/mol. The Balaban J connectivity index is 4.39. The fraction of sp³-hybridized carbons (Fsp3) is 0.712. The van der Waals surface area contributed by atoms with E-state index in [0.717, 1.165) is 57.8 Å². The van der Waals surface area contributed by atoms with E-state index in [0.29, 0.717) is 19.3 Å². The number of likely N-dealkylation sites (N-methyl/N-ethyl adjacent to an activating group) is 1. The number of rotatable bonds is 42. The number of esters is 2. The number of aliphatic carboxylic acids is 1. The third-order valence-electron chi connectivity index (χ3n) is 10.3. The van der Waals surface area contributed by atoms with Crippen molar-refractivity contribution in [1.29, 1.82) is 0 Å². The average Bonchev–Trinajstić information content (AvgIpc) is 3.21. The lowest BCUT2D eigenvalue weighted by atomic mass is 10.1. The molecule has 0 spiro atoms. The van der Waals surface area contributed by atoms with Crippen molar-refractivity contribution in [2.75, 3.05) is 41.0 Å². The molecule has 60 heavy (non-hydrogen) atoms. The molecule has 0 aliphatic rings. The van der Waals surface area contributed by atoms with Crippen LogP contribution in [0.3, 0.4) is 0 Å². The van der Waals surface area contributed by atoms with Gasteiger partial charge in [0.05, 0.1) is 34.4 Å². The van der Waals surface area contributed by atoms with E-state index in [4.69, 9.17) is 14.2 Å². The maximum atomic E-state index is 12.8. The van der Waals surface area contributed by atoms with E-state index in [1.165, 1.54) is 89.9 Å². The molecule has 0 aromatic rings. The molecule has 344 valence electrons. The van der Waals surface area contributed by atoms with E-state index >= 15 is 0 Å². The number of hydrogen-bond donors (Lipinski definition) is 1. The van der Waals surface area contributed by atoms with Crippen LogP contribution in [0.4, 0.5) is 0 Å². The summed E-state index contributed by atoms with van der Waals surface area (Å²) in [6, 6.07) is -0.627. The maximum absolute atomic E-state index is 12.8. The van der Waals surface area contributed by atoms with E-state index in [1.807, 2.05) is 21.1 Å². The van der Waals surface area contributed by atoms with Crippen LogP contribution in [0, 0.1) is 0 Å². The summed E-state index contributed by atoms with van der Waals surface area (Å²) in [6.45, 7) is 4.56. The van der Waals surface area contributed by atoms with Crippen LogP contribution in [0.2, 0.25) is 0 Å². The molecular weight excluding hydrogens is 751 g/mol. The number of quaternary nitrogens is 1. The number of hydrogen-bond acceptors (Lipinski definition) is 6. The highest BCUT2D eigenvalue weighted by molar-refractivity contribution is 5.72. The third-order valence-corrected chi connectivity index (χ3v) is 10.3. The second-order valence-corrected chi connectivity index (χ2v) is 17.0. The van der Waals surface area contributed by atoms with Crippen LogP contribution in [-0.2, 0) is 28.6 Å². The summed E-state index contributed by atoms with van der Waals surface area (Å²) >= 11 is 0. The first kappa shape index (κ1) is 56.8. The van der Waals surface area contributed by atoms with E-state index in [9.17, 15) is 19.5 Å². The highest BCUT2D eigenvalue weighted by atomic mass is 16.6. The Morgan fingerprint density at radius 3 is 1.45 bits per heavy atom. The Hall–Kier alpha value is -3.23. The summed E-state index contributed by atoms with van der Waals surface area (Å²) in [4.78, 5) is 37.1. The van der Waals surface area contributed by atoms with Crippen molar-refractivity contribution in [3.63, 3.8) is 0 Å². The van der Waals surface area contributed by atoms with Crippen LogP contribution in [-0.4, -0.2) is 80.6 Å². The molecule has 1 N–H and O–H groups in total. The molecule has 0 aromatic heterocycles. The lowest BCUT2D eigenvalue weighted by Crippen LogP contribution is -2.50. The minimum atomic E-state index is -0.885. The first-order chi connectivity index (χ1) is 29.1. The van der Waals surface area contributed by atoms with Crippen LogP contribution >= 0.6 is 0 Å². The van der Waals surface area contributed by atoms with Crippen LogP contribution in [0.1, 0.15) is 187 Å². The summed E-state index contributed by atoms with van der Waals surface area (Å²) in [5.74, 6) is -1.55. The summed E-state index contributed by atoms with van der Waals surface area (Å²) in [7, 11) is 5.51. The first-order valence-electron chi connectivity index (χ1n) is 24.0. The molecule has 0 amide bonds. The molecule has 0 heterocycles. The molecule has 0 fully saturated rings. The molecule has 0 bridgehead atoms. The van der Waals surface area contributed by atoms with Crippen LogP contribution < -0.4 is 0 Å². The van der Waals surface area contributed by atoms with Gasteiger partial charge < -0.3 is 23.8 Å². The molecule has 0 saturated carbocycles. The number of carbonyl (C=O) groups excluding carboxylic acids is 2. The Morgan fingerprint density at radius 2 is 0.950 bits per heavy atom. The van der Waals surface area contributed by atoms with Crippen molar-refractivity contribution in [1.82, 2.24) is 0 Å². The lowest BCUT2D eigenvalue weighted by Gasteiger charge is -2.31. The molecule has 2 atom stereocenters. The Morgan fingerprint density at radius 1 is 0.517 bits per heavy atom. The SMILES string of the molecule is CC/C=C/C/C=C/C/C=C/C/C=C/C/C=C/CCCC(=O)OCC(COCCC(C(=O)O)[N+](C)(C)C)OC(=O)CCCCCCCCC/C=C/CCCCCCCCCC. The molecule has 8 nitrogen and oxygen atoms in total. The third kappa shape index (κ3) is 40.2. The molecular formula is C52H90NO7+. The quantitative estimate of drug-likeness (QED) is 0.0283. The van der Waals surface area contributed by atoms with E-state index < -0.39 is 18.1 Å². The zero-order valence-corrected chi connectivity index (χ0v) is 39.1. The number of unbranched alkanes of at least 4 members (excludes halogenated alkanes) is 16. The van der Waals surface area contributed by atoms with E-state index in [1.54, 1.807) is 0 Å². The molecule has 0 aliphatic carbocycles. The number of carboxylic acids is 1. The molecule has 0 saturated heterocycles. The van der Waals surface area contributed by atoms with Crippen molar-refractivity contribution in [2.24, 2.45) is 0 Å². The van der Waals surface area contributed by atoms with Gasteiger partial charge in [0.15, 0.2) is 12.1 Å². The van der Waals surface area contributed by atoms with Gasteiger partial charge in [-0.2, -0.15) is 0 Å². The zero-order chi connectivity index (χ0) is 44.2. The van der Waals surface area contributed by atoms with E-state index in [-0.39, 0.29) is 42.7 Å². The van der Waals surface area contributed by atoms with Crippen molar-refractivity contribution in [2.45, 2.75) is 199 Å². The maximum Gasteiger partial charge on any atom is 0.362 e. The van der Waals surface area contributed by atoms with Crippen molar-refractivity contribution in [3.8, 4) is 0 Å². The molecule has 8 heteroatoms. The average molecular weight is 841 g/mol. The number of carbonyl (C=O) groups is 3. The highest BCUT2D eigenvalue weighted by Gasteiger charge is 2.31. The second kappa shape index (κ2) is 42.5. The Bertz CT molecular complexity index is 1210. The van der Waals surface area contributed by atoms with Crippen molar-refractivity contribution < 1.29 is 38.2 Å². The summed E-state index contributed by atoms with van der Waals surface area (Å²) in [5.41, 5.74) is 0. The minimum Gasteiger partial charge on any atom is -0.477 e. The minimum absolute atomic E-state index is 0.0386. The van der Waals surface area contributed by atoms with Gasteiger partial charge in [-0.3, -0.25) is 9.59 Å². The van der Waals surface area contributed by atoms with Gasteiger partial charge in [0.1, 0.15) is 6.61 Å². The standard InChI is InChI=1S/C52H89NO7/c1-6-8-10-12-14-16-18-20-22-24-25-27-29-31-33-35-37-39-41-43-51(55)60-48(46-58-45-44-49(52(56)57)53(3,4)5)47-59-50(54)42-40-38-36-34-32-30-28-26-23-21-19-17-15-13-11-9-7-2/h9,11,15,17,21,23-25,28,30,34,36,48-49H,6-8,10,12-14,16,18-20,22,26-27,29,31-33,35,37-47H2,1-5H3/p+1/b11-9+,17-15+,23-21+,25-24+,30-28+,36-34+. The molecule has 0 radical (unpaired) electrons. The van der Waals surface area contributed by atoms with Gasteiger partial charge >= 0.3 is 17.9 Å². The smallest absolute Gasteiger partial charge is 0.362 e. The van der Waals surface area contributed by atoms with Gasteiger partial charge in [0, 0.05) is 19.3 Å². The van der Waals surface area contributed by atoms with Gasteiger partial charge in [0.2, 0.25) is 0 Å². The van der Waals surface area contributed by atoms with Gasteiger partial charge in [-0.1, -0.05) is 164 Å². The first-order valence-corrected chi connectivity index (χ1v) is 24.0. The number of allylic oxidation sites excluding steroid dienone is 12. The van der Waals surface area contributed by atoms with Crippen LogP contribution in [0.15, 0.2) is 72.9 Å². The molecule has 0 rings (SSSR count). The van der Waals surface area contributed by atoms with Crippen LogP contribution in [0.5, 0.6) is 0 Å². The van der Waals surface area contributed by atoms with Gasteiger partial charge in [-0.15, -0.1) is 0 Å².